The largest absolute Gasteiger partial charge is 0.573 e. The van der Waals surface area contributed by atoms with E-state index in [1.165, 1.54) is 24.3 Å². The van der Waals surface area contributed by atoms with E-state index in [-0.39, 0.29) is 5.75 Å². The standard InChI is InChI=1S/C28H26ClF3N6OS/c1-4-25-35-26(37-38(25)19-10-12-20(13-11-19)39-28(30,31)32)22-14-9-18(15-23(22)29)16-33-36-27(40)34-24-8-6-5-7-21(24)17(2)3/h5-17H,4H2,1-3H3,(H2,34,36,40). The van der Waals surface area contributed by atoms with E-state index in [9.17, 15) is 13.2 Å². The van der Waals surface area contributed by atoms with Crippen molar-refractivity contribution in [2.24, 2.45) is 5.10 Å². The van der Waals surface area contributed by atoms with E-state index in [1.807, 2.05) is 37.3 Å². The maximum atomic E-state index is 12.5. The third kappa shape index (κ3) is 7.36. The summed E-state index contributed by atoms with van der Waals surface area (Å²) >= 11 is 11.9. The molecule has 40 heavy (non-hydrogen) atoms. The van der Waals surface area contributed by atoms with Gasteiger partial charge in [-0.15, -0.1) is 18.3 Å². The van der Waals surface area contributed by atoms with Gasteiger partial charge in [-0.25, -0.2) is 9.67 Å². The Morgan fingerprint density at radius 1 is 1.12 bits per heavy atom. The van der Waals surface area contributed by atoms with Crippen molar-refractivity contribution in [3.63, 3.8) is 0 Å². The summed E-state index contributed by atoms with van der Waals surface area (Å²) in [5.74, 6) is 1.02. The number of para-hydroxylation sites is 1. The Morgan fingerprint density at radius 2 is 1.85 bits per heavy atom. The van der Waals surface area contributed by atoms with Gasteiger partial charge in [-0.1, -0.05) is 56.6 Å². The zero-order valence-electron chi connectivity index (χ0n) is 21.8. The molecular weight excluding hydrogens is 561 g/mol. The smallest absolute Gasteiger partial charge is 0.406 e. The molecule has 0 unspecified atom stereocenters. The van der Waals surface area contributed by atoms with E-state index in [1.54, 1.807) is 23.0 Å². The molecule has 12 heteroatoms. The van der Waals surface area contributed by atoms with Gasteiger partial charge in [0, 0.05) is 17.7 Å². The van der Waals surface area contributed by atoms with Crippen molar-refractivity contribution in [3.05, 3.63) is 88.7 Å². The maximum absolute atomic E-state index is 12.5. The van der Waals surface area contributed by atoms with Crippen LogP contribution in [0.15, 0.2) is 71.8 Å². The molecule has 0 amide bonds. The third-order valence-electron chi connectivity index (χ3n) is 5.75. The Labute approximate surface area is 240 Å². The Bertz CT molecular complexity index is 1520. The molecule has 208 valence electrons. The molecule has 0 aliphatic carbocycles. The molecule has 0 aliphatic rings. The second kappa shape index (κ2) is 12.5. The van der Waals surface area contributed by atoms with Gasteiger partial charge >= 0.3 is 6.36 Å². The highest BCUT2D eigenvalue weighted by Crippen LogP contribution is 2.29. The molecule has 0 saturated heterocycles. The van der Waals surface area contributed by atoms with Crippen molar-refractivity contribution in [1.82, 2.24) is 20.2 Å². The molecule has 0 spiro atoms. The van der Waals surface area contributed by atoms with E-state index in [2.05, 4.69) is 44.5 Å². The minimum absolute atomic E-state index is 0.318. The number of hydrazone groups is 1. The van der Waals surface area contributed by atoms with Crippen LogP contribution in [-0.2, 0) is 6.42 Å². The number of anilines is 1. The number of nitrogens with one attached hydrogen (secondary N) is 2. The number of hydrogen-bond donors (Lipinski definition) is 2. The van der Waals surface area contributed by atoms with Crippen LogP contribution >= 0.6 is 23.8 Å². The van der Waals surface area contributed by atoms with Crippen molar-refractivity contribution >= 4 is 40.8 Å². The average molecular weight is 587 g/mol. The Hall–Kier alpha value is -3.96. The van der Waals surface area contributed by atoms with Crippen molar-refractivity contribution < 1.29 is 17.9 Å². The molecule has 4 rings (SSSR count). The van der Waals surface area contributed by atoms with Crippen molar-refractivity contribution in [3.8, 4) is 22.8 Å². The molecular formula is C28H26ClF3N6OS. The summed E-state index contributed by atoms with van der Waals surface area (Å²) in [4.78, 5) is 4.58. The third-order valence-corrected chi connectivity index (χ3v) is 6.26. The molecule has 0 radical (unpaired) electrons. The van der Waals surface area contributed by atoms with Crippen molar-refractivity contribution in [2.45, 2.75) is 39.5 Å². The first-order chi connectivity index (χ1) is 19.0. The molecule has 2 N–H and O–H groups in total. The number of benzene rings is 3. The number of nitrogens with zero attached hydrogens (tertiary/aromatic N) is 4. The first-order valence-electron chi connectivity index (χ1n) is 12.3. The summed E-state index contributed by atoms with van der Waals surface area (Å²) in [5.41, 5.74) is 6.74. The summed E-state index contributed by atoms with van der Waals surface area (Å²) in [5, 5.41) is 12.7. The number of halogens is 4. The first kappa shape index (κ1) is 29.0. The van der Waals surface area contributed by atoms with Crippen molar-refractivity contribution in [2.75, 3.05) is 5.32 Å². The predicted molar refractivity (Wildman–Crippen MR) is 155 cm³/mol. The highest BCUT2D eigenvalue weighted by Gasteiger charge is 2.31. The molecule has 1 aromatic heterocycles. The second-order valence-corrected chi connectivity index (χ2v) is 9.78. The van der Waals surface area contributed by atoms with E-state index in [4.69, 9.17) is 23.8 Å². The number of ether oxygens (including phenoxy) is 1. The van der Waals surface area contributed by atoms with Crippen molar-refractivity contribution in [1.29, 1.82) is 0 Å². The number of aromatic nitrogens is 3. The predicted octanol–water partition coefficient (Wildman–Crippen LogP) is 7.49. The summed E-state index contributed by atoms with van der Waals surface area (Å²) < 4.78 is 42.9. The van der Waals surface area contributed by atoms with Gasteiger partial charge < -0.3 is 10.1 Å². The minimum Gasteiger partial charge on any atom is -0.406 e. The van der Waals surface area contributed by atoms with E-state index in [0.29, 0.717) is 45.4 Å². The summed E-state index contributed by atoms with van der Waals surface area (Å²) in [6.45, 7) is 6.13. The highest BCUT2D eigenvalue weighted by atomic mass is 35.5. The topological polar surface area (TPSA) is 76.4 Å². The normalized spacial score (nSPS) is 11.7. The van der Waals surface area contributed by atoms with Crippen LogP contribution < -0.4 is 15.5 Å². The number of aryl methyl sites for hydroxylation is 1. The van der Waals surface area contributed by atoms with Gasteiger partial charge in [0.1, 0.15) is 11.6 Å². The lowest BCUT2D eigenvalue weighted by Crippen LogP contribution is -2.24. The molecule has 1 heterocycles. The molecule has 0 aliphatic heterocycles. The lowest BCUT2D eigenvalue weighted by Gasteiger charge is -2.14. The van der Waals surface area contributed by atoms with Crippen LogP contribution in [0.5, 0.6) is 5.75 Å². The fraction of sp³-hybridized carbons (Fsp3) is 0.214. The van der Waals surface area contributed by atoms with E-state index in [0.717, 1.165) is 16.8 Å². The van der Waals surface area contributed by atoms with Crippen LogP contribution in [0.3, 0.4) is 0 Å². The number of thiocarbonyl (C=S) groups is 1. The zero-order chi connectivity index (χ0) is 28.9. The molecule has 0 saturated carbocycles. The summed E-state index contributed by atoms with van der Waals surface area (Å²) in [6.07, 6.45) is -2.63. The van der Waals surface area contributed by atoms with Gasteiger partial charge in [0.25, 0.3) is 0 Å². The second-order valence-electron chi connectivity index (χ2n) is 8.96. The van der Waals surface area contributed by atoms with Gasteiger partial charge in [-0.3, -0.25) is 5.43 Å². The lowest BCUT2D eigenvalue weighted by atomic mass is 10.0. The fourth-order valence-corrected chi connectivity index (χ4v) is 4.34. The quantitative estimate of drug-likeness (QED) is 0.127. The van der Waals surface area contributed by atoms with Crippen LogP contribution in [0.25, 0.3) is 17.1 Å². The van der Waals surface area contributed by atoms with E-state index >= 15 is 0 Å². The molecule has 0 fully saturated rings. The Kier molecular flexibility index (Phi) is 9.06. The van der Waals surface area contributed by atoms with Crippen LogP contribution in [-0.4, -0.2) is 32.5 Å². The average Bonchev–Trinajstić information content (AvgIpc) is 3.32. The molecule has 0 bridgehead atoms. The molecule has 3 aromatic carbocycles. The maximum Gasteiger partial charge on any atom is 0.573 e. The van der Waals surface area contributed by atoms with Gasteiger partial charge in [0.2, 0.25) is 0 Å². The molecule has 0 atom stereocenters. The molecule has 4 aromatic rings. The SMILES string of the molecule is CCc1nc(-c2ccc(C=NNC(=S)Nc3ccccc3C(C)C)cc2Cl)nn1-c1ccc(OC(F)(F)F)cc1. The summed E-state index contributed by atoms with van der Waals surface area (Å²) in [7, 11) is 0. The van der Waals surface area contributed by atoms with Gasteiger partial charge in [-0.2, -0.15) is 5.10 Å². The highest BCUT2D eigenvalue weighted by molar-refractivity contribution is 7.80. The number of alkyl halides is 3. The van der Waals surface area contributed by atoms with Gasteiger partial charge in [-0.05, 0) is 71.7 Å². The van der Waals surface area contributed by atoms with Crippen LogP contribution in [0.4, 0.5) is 18.9 Å². The first-order valence-corrected chi connectivity index (χ1v) is 13.1. The monoisotopic (exact) mass is 586 g/mol. The number of hydrogen-bond acceptors (Lipinski definition) is 5. The Balaban J connectivity index is 1.46. The Morgan fingerprint density at radius 3 is 2.50 bits per heavy atom. The summed E-state index contributed by atoms with van der Waals surface area (Å²) in [6, 6.07) is 18.7. The molecule has 7 nitrogen and oxygen atoms in total. The number of rotatable bonds is 8. The van der Waals surface area contributed by atoms with Crippen LogP contribution in [0, 0.1) is 0 Å². The van der Waals surface area contributed by atoms with Gasteiger partial charge in [0.05, 0.1) is 16.9 Å². The van der Waals surface area contributed by atoms with Crippen LogP contribution in [0.2, 0.25) is 5.02 Å². The van der Waals surface area contributed by atoms with Gasteiger partial charge in [0.15, 0.2) is 10.9 Å². The van der Waals surface area contributed by atoms with Crippen LogP contribution in [0.1, 0.15) is 43.6 Å². The minimum atomic E-state index is -4.76. The lowest BCUT2D eigenvalue weighted by molar-refractivity contribution is -0.274. The fourth-order valence-electron chi connectivity index (χ4n) is 3.91. The van der Waals surface area contributed by atoms with E-state index < -0.39 is 6.36 Å². The zero-order valence-corrected chi connectivity index (χ0v) is 23.4.